The molecule has 0 radical (unpaired) electrons. The molecule has 3 N–H and O–H groups in total. The zero-order valence-corrected chi connectivity index (χ0v) is 17.3. The molecule has 3 heterocycles. The molecule has 8 nitrogen and oxygen atoms in total. The van der Waals surface area contributed by atoms with Gasteiger partial charge in [-0.25, -0.2) is 4.98 Å². The number of nitriles is 1. The Morgan fingerprint density at radius 2 is 2.07 bits per heavy atom. The summed E-state index contributed by atoms with van der Waals surface area (Å²) in [5.41, 5.74) is 7.28. The van der Waals surface area contributed by atoms with E-state index in [0.29, 0.717) is 17.2 Å². The summed E-state index contributed by atoms with van der Waals surface area (Å²) in [6.45, 7) is 0. The summed E-state index contributed by atoms with van der Waals surface area (Å²) < 4.78 is 6.66. The van der Waals surface area contributed by atoms with Crippen LogP contribution in [0.4, 0.5) is 0 Å². The van der Waals surface area contributed by atoms with Crippen LogP contribution in [0.5, 0.6) is 0 Å². The number of nitrogens with one attached hydrogen (secondary N) is 1. The standard InChI is InChI=1S/C20H16N6O2S2/c21-10-12-2-4-14(29-12)11-1-3-13-15(7-11)30-19(23-13)9-18-26-25-17(28-18)8-16(27)24-20(22)5-6-20/h1-4,7H,5-6,8-9,22H2,(H,24,27). The van der Waals surface area contributed by atoms with Crippen molar-refractivity contribution >= 4 is 38.8 Å². The molecule has 1 aliphatic rings. The molecule has 150 valence electrons. The van der Waals surface area contributed by atoms with Gasteiger partial charge in [-0.3, -0.25) is 4.79 Å². The number of carbonyl (C=O) groups excluding carboxylic acids is 1. The third kappa shape index (κ3) is 3.95. The molecule has 4 aromatic rings. The number of nitrogens with two attached hydrogens (primary N) is 1. The molecule has 0 bridgehead atoms. The lowest BCUT2D eigenvalue weighted by atomic mass is 10.2. The first-order valence-electron chi connectivity index (χ1n) is 9.31. The van der Waals surface area contributed by atoms with Crippen LogP contribution in [-0.4, -0.2) is 26.8 Å². The van der Waals surface area contributed by atoms with Crippen LogP contribution in [0, 0.1) is 11.3 Å². The Kier molecular flexibility index (Phi) is 4.58. The van der Waals surface area contributed by atoms with Crippen molar-refractivity contribution in [1.82, 2.24) is 20.5 Å². The summed E-state index contributed by atoms with van der Waals surface area (Å²) in [6, 6.07) is 12.0. The second kappa shape index (κ2) is 7.28. The summed E-state index contributed by atoms with van der Waals surface area (Å²) >= 11 is 3.03. The second-order valence-electron chi connectivity index (χ2n) is 7.21. The molecule has 0 saturated heterocycles. The van der Waals surface area contributed by atoms with Crippen molar-refractivity contribution in [3.8, 4) is 16.5 Å². The number of fused-ring (bicyclic) bond motifs is 1. The van der Waals surface area contributed by atoms with Gasteiger partial charge in [0.15, 0.2) is 0 Å². The van der Waals surface area contributed by atoms with Crippen LogP contribution in [0.25, 0.3) is 20.7 Å². The van der Waals surface area contributed by atoms with Crippen molar-refractivity contribution in [2.24, 2.45) is 5.73 Å². The van der Waals surface area contributed by atoms with E-state index in [2.05, 4.69) is 32.6 Å². The van der Waals surface area contributed by atoms with E-state index >= 15 is 0 Å². The lowest BCUT2D eigenvalue weighted by Gasteiger charge is -2.09. The number of carbonyl (C=O) groups is 1. The Bertz CT molecular complexity index is 1290. The highest BCUT2D eigenvalue weighted by Gasteiger charge is 2.39. The maximum Gasteiger partial charge on any atom is 0.230 e. The quantitative estimate of drug-likeness (QED) is 0.444. The number of hydrogen-bond acceptors (Lipinski definition) is 9. The Morgan fingerprint density at radius 1 is 1.23 bits per heavy atom. The number of amides is 1. The molecule has 0 spiro atoms. The van der Waals surface area contributed by atoms with E-state index in [-0.39, 0.29) is 18.2 Å². The van der Waals surface area contributed by atoms with Gasteiger partial charge in [0.05, 0.1) is 22.3 Å². The fourth-order valence-corrected chi connectivity index (χ4v) is 4.83. The van der Waals surface area contributed by atoms with Crippen LogP contribution in [0.3, 0.4) is 0 Å². The monoisotopic (exact) mass is 436 g/mol. The molecule has 0 unspecified atom stereocenters. The lowest BCUT2D eigenvalue weighted by molar-refractivity contribution is -0.121. The minimum Gasteiger partial charge on any atom is -0.424 e. The fourth-order valence-electron chi connectivity index (χ4n) is 3.03. The van der Waals surface area contributed by atoms with Crippen molar-refractivity contribution < 1.29 is 9.21 Å². The molecule has 10 heteroatoms. The van der Waals surface area contributed by atoms with Gasteiger partial charge < -0.3 is 15.5 Å². The summed E-state index contributed by atoms with van der Waals surface area (Å²) in [4.78, 5) is 18.4. The molecule has 30 heavy (non-hydrogen) atoms. The molecule has 1 saturated carbocycles. The molecule has 1 aromatic carbocycles. The zero-order chi connectivity index (χ0) is 20.7. The van der Waals surface area contributed by atoms with E-state index in [1.54, 1.807) is 11.3 Å². The van der Waals surface area contributed by atoms with Crippen molar-refractivity contribution in [3.05, 3.63) is 52.0 Å². The maximum atomic E-state index is 12.0. The normalized spacial score (nSPS) is 14.5. The maximum absolute atomic E-state index is 12.0. The van der Waals surface area contributed by atoms with Gasteiger partial charge in [-0.2, -0.15) is 5.26 Å². The van der Waals surface area contributed by atoms with E-state index in [0.717, 1.165) is 38.5 Å². The third-order valence-electron chi connectivity index (χ3n) is 4.73. The lowest BCUT2D eigenvalue weighted by Crippen LogP contribution is -2.44. The number of aromatic nitrogens is 3. The van der Waals surface area contributed by atoms with Gasteiger partial charge >= 0.3 is 0 Å². The zero-order valence-electron chi connectivity index (χ0n) is 15.7. The molecular weight excluding hydrogens is 420 g/mol. The molecular formula is C20H16N6O2S2. The number of hydrogen-bond donors (Lipinski definition) is 2. The fraction of sp³-hybridized carbons (Fsp3) is 0.250. The van der Waals surface area contributed by atoms with Crippen molar-refractivity contribution in [2.45, 2.75) is 31.3 Å². The van der Waals surface area contributed by atoms with Gasteiger partial charge in [-0.05, 0) is 42.7 Å². The van der Waals surface area contributed by atoms with Crippen molar-refractivity contribution in [2.75, 3.05) is 0 Å². The average molecular weight is 437 g/mol. The molecule has 3 aromatic heterocycles. The van der Waals surface area contributed by atoms with Gasteiger partial charge in [-0.15, -0.1) is 32.9 Å². The predicted octanol–water partition coefficient (Wildman–Crippen LogP) is 2.98. The molecule has 1 aliphatic carbocycles. The molecule has 0 atom stereocenters. The minimum atomic E-state index is -0.556. The van der Waals surface area contributed by atoms with Crippen molar-refractivity contribution in [3.63, 3.8) is 0 Å². The smallest absolute Gasteiger partial charge is 0.230 e. The van der Waals surface area contributed by atoms with Crippen LogP contribution >= 0.6 is 22.7 Å². The number of nitrogens with zero attached hydrogens (tertiary/aromatic N) is 4. The van der Waals surface area contributed by atoms with E-state index in [4.69, 9.17) is 15.4 Å². The van der Waals surface area contributed by atoms with Crippen LogP contribution in [0.2, 0.25) is 0 Å². The van der Waals surface area contributed by atoms with Gasteiger partial charge in [-0.1, -0.05) is 6.07 Å². The highest BCUT2D eigenvalue weighted by Crippen LogP contribution is 2.33. The number of thiazole rings is 1. The molecule has 1 fully saturated rings. The summed E-state index contributed by atoms with van der Waals surface area (Å²) in [6.07, 6.45) is 2.00. The Labute approximate surface area is 179 Å². The summed E-state index contributed by atoms with van der Waals surface area (Å²) in [7, 11) is 0. The first kappa shape index (κ1) is 18.9. The van der Waals surface area contributed by atoms with Gasteiger partial charge in [0.2, 0.25) is 17.7 Å². The van der Waals surface area contributed by atoms with Crippen LogP contribution in [-0.2, 0) is 17.6 Å². The van der Waals surface area contributed by atoms with E-state index in [1.807, 2.05) is 24.3 Å². The van der Waals surface area contributed by atoms with Crippen LogP contribution in [0.15, 0.2) is 34.7 Å². The first-order chi connectivity index (χ1) is 14.5. The van der Waals surface area contributed by atoms with Crippen LogP contribution in [0.1, 0.15) is 34.5 Å². The highest BCUT2D eigenvalue weighted by atomic mass is 32.1. The Hall–Kier alpha value is -3.13. The van der Waals surface area contributed by atoms with Crippen molar-refractivity contribution in [1.29, 1.82) is 5.26 Å². The molecule has 1 amide bonds. The van der Waals surface area contributed by atoms with E-state index in [9.17, 15) is 4.79 Å². The van der Waals surface area contributed by atoms with Gasteiger partial charge in [0, 0.05) is 4.88 Å². The average Bonchev–Trinajstić information content (AvgIpc) is 3.15. The SMILES string of the molecule is N#Cc1ccc(-c2ccc3nc(Cc4nnc(CC(=O)NC5(N)CC5)o4)sc3c2)s1. The largest absolute Gasteiger partial charge is 0.424 e. The number of benzene rings is 1. The Morgan fingerprint density at radius 3 is 2.83 bits per heavy atom. The van der Waals surface area contributed by atoms with Gasteiger partial charge in [0.25, 0.3) is 0 Å². The molecule has 5 rings (SSSR count). The number of thiophene rings is 1. The minimum absolute atomic E-state index is 0.0145. The van der Waals surface area contributed by atoms with E-state index < -0.39 is 5.66 Å². The van der Waals surface area contributed by atoms with E-state index in [1.165, 1.54) is 11.3 Å². The number of rotatable bonds is 6. The first-order valence-corrected chi connectivity index (χ1v) is 10.9. The second-order valence-corrected chi connectivity index (χ2v) is 9.41. The predicted molar refractivity (Wildman–Crippen MR) is 113 cm³/mol. The van der Waals surface area contributed by atoms with Gasteiger partial charge in [0.1, 0.15) is 22.4 Å². The third-order valence-corrected chi connectivity index (χ3v) is 6.79. The Balaban J connectivity index is 1.29. The molecule has 0 aliphatic heterocycles. The van der Waals surface area contributed by atoms with Crippen LogP contribution < -0.4 is 11.1 Å². The summed E-state index contributed by atoms with van der Waals surface area (Å²) in [5, 5.41) is 20.6. The topological polar surface area (TPSA) is 131 Å². The summed E-state index contributed by atoms with van der Waals surface area (Å²) in [5.74, 6) is 0.467. The highest BCUT2D eigenvalue weighted by molar-refractivity contribution is 7.18.